The number of morpholine rings is 1. The number of aryl methyl sites for hydroxylation is 1. The Hall–Kier alpha value is -3.12. The molecule has 1 aliphatic carbocycles. The zero-order valence-corrected chi connectivity index (χ0v) is 18.1. The van der Waals surface area contributed by atoms with Crippen molar-refractivity contribution in [1.29, 1.82) is 0 Å². The van der Waals surface area contributed by atoms with Crippen LogP contribution in [0.2, 0.25) is 0 Å². The topological polar surface area (TPSA) is 50.6 Å². The first-order valence-corrected chi connectivity index (χ1v) is 11.0. The Balaban J connectivity index is 1.58. The lowest BCUT2D eigenvalue weighted by Crippen LogP contribution is -2.48. The van der Waals surface area contributed by atoms with Gasteiger partial charge in [-0.1, -0.05) is 36.4 Å². The summed E-state index contributed by atoms with van der Waals surface area (Å²) in [7, 11) is 0. The van der Waals surface area contributed by atoms with Gasteiger partial charge in [0.25, 0.3) is 0 Å². The van der Waals surface area contributed by atoms with Crippen LogP contribution in [0.4, 0.5) is 0 Å². The number of nitrogens with zero attached hydrogens (tertiary/aromatic N) is 4. The molecule has 1 unspecified atom stereocenters. The number of allylic oxidation sites excluding steroid dienone is 2. The number of ether oxygens (including phenoxy) is 1. The first-order chi connectivity index (χ1) is 15.2. The van der Waals surface area contributed by atoms with Crippen molar-refractivity contribution in [1.82, 2.24) is 19.4 Å². The predicted molar refractivity (Wildman–Crippen MR) is 121 cm³/mol. The molecule has 0 N–H and O–H groups in total. The van der Waals surface area contributed by atoms with Gasteiger partial charge in [0.05, 0.1) is 24.9 Å². The molecule has 5 rings (SSSR count). The molecule has 0 bridgehead atoms. The standard InChI is InChI=1S/C25H28N4O2/c1-3-28-22-10-9-20(29-17-18(2)26-25(29)19-7-5-4-6-8-19)15-21(22)23(16-24(28)30)27-11-13-31-14-12-27/h4-9,15-17,22H,3,10-14H2,1-2H3. The smallest absolute Gasteiger partial charge is 0.249 e. The fraction of sp³-hybridized carbons (Fsp3) is 0.360. The largest absolute Gasteiger partial charge is 0.378 e. The summed E-state index contributed by atoms with van der Waals surface area (Å²) < 4.78 is 7.72. The fourth-order valence-electron chi connectivity index (χ4n) is 4.76. The molecule has 1 aromatic heterocycles. The molecule has 0 radical (unpaired) electrons. The fourth-order valence-corrected chi connectivity index (χ4v) is 4.76. The van der Waals surface area contributed by atoms with E-state index in [4.69, 9.17) is 9.72 Å². The van der Waals surface area contributed by atoms with E-state index in [-0.39, 0.29) is 11.9 Å². The van der Waals surface area contributed by atoms with Crippen molar-refractivity contribution in [2.75, 3.05) is 32.8 Å². The number of amides is 1. The molecule has 1 atom stereocenters. The third-order valence-corrected chi connectivity index (χ3v) is 6.26. The van der Waals surface area contributed by atoms with Crippen LogP contribution in [0.3, 0.4) is 0 Å². The van der Waals surface area contributed by atoms with Crippen LogP contribution in [-0.4, -0.2) is 64.1 Å². The molecule has 6 nitrogen and oxygen atoms in total. The average molecular weight is 417 g/mol. The third kappa shape index (κ3) is 3.61. The Morgan fingerprint density at radius 3 is 2.65 bits per heavy atom. The number of carbonyl (C=O) groups is 1. The van der Waals surface area contributed by atoms with Crippen LogP contribution in [0, 0.1) is 6.92 Å². The number of rotatable bonds is 4. The SMILES string of the molecule is CCN1C(=O)C=C(N2CCOCC2)C2=CC(n3cc(C)nc3-c3ccccc3)=CCC21. The zero-order chi connectivity index (χ0) is 21.4. The summed E-state index contributed by atoms with van der Waals surface area (Å²) in [5.41, 5.74) is 5.45. The molecular weight excluding hydrogens is 388 g/mol. The van der Waals surface area contributed by atoms with E-state index in [9.17, 15) is 4.79 Å². The molecule has 1 fully saturated rings. The van der Waals surface area contributed by atoms with Gasteiger partial charge in [-0.25, -0.2) is 4.98 Å². The van der Waals surface area contributed by atoms with E-state index in [1.165, 1.54) is 5.57 Å². The predicted octanol–water partition coefficient (Wildman–Crippen LogP) is 3.48. The minimum absolute atomic E-state index is 0.0777. The minimum Gasteiger partial charge on any atom is -0.378 e. The van der Waals surface area contributed by atoms with E-state index in [0.29, 0.717) is 19.8 Å². The zero-order valence-electron chi connectivity index (χ0n) is 18.1. The van der Waals surface area contributed by atoms with Crippen LogP contribution in [0.25, 0.3) is 17.1 Å². The number of likely N-dealkylation sites (N-methyl/N-ethyl adjacent to an activating group) is 1. The van der Waals surface area contributed by atoms with E-state index in [1.54, 1.807) is 0 Å². The summed E-state index contributed by atoms with van der Waals surface area (Å²) in [6.45, 7) is 7.80. The van der Waals surface area contributed by atoms with Gasteiger partial charge in [0.15, 0.2) is 0 Å². The van der Waals surface area contributed by atoms with Gasteiger partial charge < -0.3 is 14.5 Å². The summed E-state index contributed by atoms with van der Waals surface area (Å²) in [6.07, 6.45) is 9.19. The van der Waals surface area contributed by atoms with Gasteiger partial charge >= 0.3 is 0 Å². The Bertz CT molecular complexity index is 1070. The molecule has 160 valence electrons. The van der Waals surface area contributed by atoms with Gasteiger partial charge in [0.2, 0.25) is 5.91 Å². The highest BCUT2D eigenvalue weighted by Crippen LogP contribution is 2.36. The molecule has 0 spiro atoms. The Labute approximate surface area is 183 Å². The monoisotopic (exact) mass is 416 g/mol. The van der Waals surface area contributed by atoms with Crippen LogP contribution in [0.15, 0.2) is 66.0 Å². The van der Waals surface area contributed by atoms with Gasteiger partial charge in [-0.05, 0) is 26.3 Å². The van der Waals surface area contributed by atoms with Crippen LogP contribution in [0.5, 0.6) is 0 Å². The van der Waals surface area contributed by atoms with E-state index in [0.717, 1.165) is 48.0 Å². The van der Waals surface area contributed by atoms with Crippen molar-refractivity contribution < 1.29 is 9.53 Å². The van der Waals surface area contributed by atoms with Crippen LogP contribution >= 0.6 is 0 Å². The lowest BCUT2D eigenvalue weighted by molar-refractivity contribution is -0.128. The van der Waals surface area contributed by atoms with E-state index < -0.39 is 0 Å². The van der Waals surface area contributed by atoms with Crippen LogP contribution in [-0.2, 0) is 9.53 Å². The lowest BCUT2D eigenvalue weighted by atomic mass is 9.89. The Morgan fingerprint density at radius 2 is 1.90 bits per heavy atom. The van der Waals surface area contributed by atoms with Gasteiger partial charge in [-0.3, -0.25) is 9.36 Å². The number of aromatic nitrogens is 2. The van der Waals surface area contributed by atoms with E-state index in [2.05, 4.69) is 46.9 Å². The molecule has 1 amide bonds. The molecule has 1 saturated heterocycles. The number of hydrogen-bond acceptors (Lipinski definition) is 4. The lowest BCUT2D eigenvalue weighted by Gasteiger charge is -2.42. The quantitative estimate of drug-likeness (QED) is 0.766. The first kappa shape index (κ1) is 19.8. The van der Waals surface area contributed by atoms with Crippen molar-refractivity contribution in [3.05, 3.63) is 71.7 Å². The van der Waals surface area contributed by atoms with Gasteiger partial charge in [0.1, 0.15) is 5.82 Å². The molecule has 3 heterocycles. The Kier molecular flexibility index (Phi) is 5.24. The Morgan fingerprint density at radius 1 is 1.13 bits per heavy atom. The van der Waals surface area contributed by atoms with Crippen molar-refractivity contribution in [3.63, 3.8) is 0 Å². The normalized spacial score (nSPS) is 21.4. The molecule has 2 aliphatic heterocycles. The molecule has 3 aliphatic rings. The van der Waals surface area contributed by atoms with Crippen molar-refractivity contribution >= 4 is 11.6 Å². The third-order valence-electron chi connectivity index (χ3n) is 6.26. The highest BCUT2D eigenvalue weighted by atomic mass is 16.5. The second-order valence-corrected chi connectivity index (χ2v) is 8.18. The number of fused-ring (bicyclic) bond motifs is 1. The van der Waals surface area contributed by atoms with Crippen molar-refractivity contribution in [2.24, 2.45) is 0 Å². The molecular formula is C25H28N4O2. The second-order valence-electron chi connectivity index (χ2n) is 8.18. The van der Waals surface area contributed by atoms with Gasteiger partial charge in [-0.15, -0.1) is 0 Å². The summed E-state index contributed by atoms with van der Waals surface area (Å²) in [5.74, 6) is 1.04. The molecule has 31 heavy (non-hydrogen) atoms. The first-order valence-electron chi connectivity index (χ1n) is 11.0. The highest BCUT2D eigenvalue weighted by molar-refractivity contribution is 5.92. The van der Waals surface area contributed by atoms with Crippen molar-refractivity contribution in [3.8, 4) is 11.4 Å². The van der Waals surface area contributed by atoms with Gasteiger partial charge in [0, 0.05) is 54.4 Å². The summed E-state index contributed by atoms with van der Waals surface area (Å²) in [5, 5.41) is 0. The summed E-state index contributed by atoms with van der Waals surface area (Å²) in [6, 6.07) is 10.4. The minimum atomic E-state index is 0.0777. The van der Waals surface area contributed by atoms with Crippen LogP contribution in [0.1, 0.15) is 19.0 Å². The second kappa shape index (κ2) is 8.19. The maximum absolute atomic E-state index is 12.9. The molecule has 1 aromatic carbocycles. The average Bonchev–Trinajstić information content (AvgIpc) is 3.21. The number of carbonyl (C=O) groups excluding carboxylic acids is 1. The van der Waals surface area contributed by atoms with Crippen molar-refractivity contribution in [2.45, 2.75) is 26.3 Å². The molecule has 0 saturated carbocycles. The maximum atomic E-state index is 12.9. The van der Waals surface area contributed by atoms with E-state index in [1.807, 2.05) is 36.1 Å². The number of hydrogen-bond donors (Lipinski definition) is 0. The molecule has 6 heteroatoms. The number of imidazole rings is 1. The van der Waals surface area contributed by atoms with Crippen LogP contribution < -0.4 is 0 Å². The highest BCUT2D eigenvalue weighted by Gasteiger charge is 2.35. The van der Waals surface area contributed by atoms with E-state index >= 15 is 0 Å². The molecule has 2 aromatic rings. The maximum Gasteiger partial charge on any atom is 0.249 e. The number of benzene rings is 1. The summed E-state index contributed by atoms with van der Waals surface area (Å²) >= 11 is 0. The summed E-state index contributed by atoms with van der Waals surface area (Å²) in [4.78, 5) is 21.9. The van der Waals surface area contributed by atoms with Gasteiger partial charge in [-0.2, -0.15) is 0 Å².